The topological polar surface area (TPSA) is 60.4 Å². The summed E-state index contributed by atoms with van der Waals surface area (Å²) < 4.78 is 16.3. The number of amides is 1. The van der Waals surface area contributed by atoms with E-state index >= 15 is 0 Å². The summed E-state index contributed by atoms with van der Waals surface area (Å²) in [5, 5.41) is 0.559. The van der Waals surface area contributed by atoms with Crippen LogP contribution in [0.25, 0.3) is 0 Å². The van der Waals surface area contributed by atoms with Gasteiger partial charge in [0.15, 0.2) is 11.5 Å². The minimum Gasteiger partial charge on any atom is -0.497 e. The molecular formula is C25H21ClN2O4. The predicted molar refractivity (Wildman–Crippen MR) is 124 cm³/mol. The molecule has 1 amide bonds. The van der Waals surface area contributed by atoms with Gasteiger partial charge in [-0.15, -0.1) is 0 Å². The summed E-state index contributed by atoms with van der Waals surface area (Å²) in [6.45, 7) is 0. The Morgan fingerprint density at radius 2 is 1.75 bits per heavy atom. The lowest BCUT2D eigenvalue weighted by Crippen LogP contribution is -2.28. The van der Waals surface area contributed by atoms with Gasteiger partial charge in [-0.25, -0.2) is 0 Å². The number of ether oxygens (including phenoxy) is 3. The van der Waals surface area contributed by atoms with Crippen molar-refractivity contribution < 1.29 is 19.0 Å². The van der Waals surface area contributed by atoms with Gasteiger partial charge < -0.3 is 14.2 Å². The number of halogens is 1. The summed E-state index contributed by atoms with van der Waals surface area (Å²) in [4.78, 5) is 20.4. The largest absolute Gasteiger partial charge is 0.497 e. The van der Waals surface area contributed by atoms with E-state index in [1.807, 2.05) is 42.5 Å². The Labute approximate surface area is 191 Å². The molecule has 5 rings (SSSR count). The highest BCUT2D eigenvalue weighted by molar-refractivity contribution is 6.31. The fourth-order valence-corrected chi connectivity index (χ4v) is 4.62. The number of carbonyl (C=O) groups is 1. The predicted octanol–water partition coefficient (Wildman–Crippen LogP) is 5.59. The molecule has 7 heteroatoms. The van der Waals surface area contributed by atoms with Crippen molar-refractivity contribution in [3.63, 3.8) is 0 Å². The van der Waals surface area contributed by atoms with Gasteiger partial charge in [0.05, 0.1) is 50.0 Å². The lowest BCUT2D eigenvalue weighted by molar-refractivity contribution is 0.0989. The Bertz CT molecular complexity index is 1250. The molecule has 3 aromatic rings. The number of hydrogen-bond acceptors (Lipinski definition) is 5. The Balaban J connectivity index is 1.71. The molecule has 0 radical (unpaired) electrons. The van der Waals surface area contributed by atoms with E-state index in [0.717, 1.165) is 22.6 Å². The van der Waals surface area contributed by atoms with Gasteiger partial charge in [-0.1, -0.05) is 17.7 Å². The fourth-order valence-electron chi connectivity index (χ4n) is 4.45. The van der Waals surface area contributed by atoms with Crippen LogP contribution in [0.5, 0.6) is 17.2 Å². The van der Waals surface area contributed by atoms with E-state index in [2.05, 4.69) is 0 Å². The lowest BCUT2D eigenvalue weighted by atomic mass is 9.96. The van der Waals surface area contributed by atoms with Crippen molar-refractivity contribution in [1.29, 1.82) is 0 Å². The van der Waals surface area contributed by atoms with E-state index in [1.165, 1.54) is 0 Å². The molecule has 0 saturated carbocycles. The maximum Gasteiger partial charge on any atom is 0.263 e. The molecule has 0 aliphatic carbocycles. The molecule has 1 atom stereocenters. The highest BCUT2D eigenvalue weighted by Crippen LogP contribution is 2.50. The van der Waals surface area contributed by atoms with Crippen LogP contribution in [0.4, 0.5) is 11.4 Å². The second-order valence-corrected chi connectivity index (χ2v) is 8.02. The summed E-state index contributed by atoms with van der Waals surface area (Å²) in [5.41, 5.74) is 4.59. The van der Waals surface area contributed by atoms with Gasteiger partial charge in [-0.05, 0) is 59.7 Å². The zero-order chi connectivity index (χ0) is 22.4. The number of anilines is 1. The molecule has 0 bridgehead atoms. The zero-order valence-corrected chi connectivity index (χ0v) is 18.6. The lowest BCUT2D eigenvalue weighted by Gasteiger charge is -2.24. The van der Waals surface area contributed by atoms with Crippen LogP contribution in [0.3, 0.4) is 0 Å². The number of rotatable bonds is 4. The Morgan fingerprint density at radius 3 is 2.44 bits per heavy atom. The van der Waals surface area contributed by atoms with Crippen LogP contribution in [-0.4, -0.2) is 32.9 Å². The smallest absolute Gasteiger partial charge is 0.263 e. The minimum absolute atomic E-state index is 0.143. The van der Waals surface area contributed by atoms with Crippen LogP contribution in [0.2, 0.25) is 5.02 Å². The molecule has 1 unspecified atom stereocenters. The maximum atomic E-state index is 13.7. The number of fused-ring (bicyclic) bond motifs is 5. The van der Waals surface area contributed by atoms with Gasteiger partial charge >= 0.3 is 0 Å². The first kappa shape index (κ1) is 20.4. The molecule has 0 fully saturated rings. The molecule has 2 aliphatic heterocycles. The first-order valence-electron chi connectivity index (χ1n) is 10.2. The second-order valence-electron chi connectivity index (χ2n) is 7.58. The summed E-state index contributed by atoms with van der Waals surface area (Å²) in [6, 6.07) is 16.7. The molecule has 6 nitrogen and oxygen atoms in total. The van der Waals surface area contributed by atoms with Crippen molar-refractivity contribution >= 4 is 34.6 Å². The summed E-state index contributed by atoms with van der Waals surface area (Å²) >= 11 is 6.29. The first-order chi connectivity index (χ1) is 15.5. The van der Waals surface area contributed by atoms with Crippen LogP contribution in [0, 0.1) is 0 Å². The number of methoxy groups -OCH3 is 3. The van der Waals surface area contributed by atoms with Crippen LogP contribution in [0.15, 0.2) is 59.6 Å². The average Bonchev–Trinajstić information content (AvgIpc) is 2.98. The number of benzene rings is 3. The third-order valence-corrected chi connectivity index (χ3v) is 6.18. The van der Waals surface area contributed by atoms with Gasteiger partial charge in [-0.2, -0.15) is 0 Å². The summed E-state index contributed by atoms with van der Waals surface area (Å²) in [6.07, 6.45) is 0.535. The quantitative estimate of drug-likeness (QED) is 0.522. The number of carbonyl (C=O) groups excluding carboxylic acids is 1. The SMILES string of the molecule is COc1ccc(C2=Nc3cc(Cl)ccc3N3C(=O)c4c(ccc(OC)c4OC)C3C2)cc1. The molecule has 2 heterocycles. The first-order valence-corrected chi connectivity index (χ1v) is 10.5. The fraction of sp³-hybridized carbons (Fsp3) is 0.200. The molecule has 0 spiro atoms. The molecule has 2 aliphatic rings. The Kier molecular flexibility index (Phi) is 5.02. The van der Waals surface area contributed by atoms with Gasteiger partial charge in [0.2, 0.25) is 0 Å². The summed E-state index contributed by atoms with van der Waals surface area (Å²) in [7, 11) is 4.75. The number of aliphatic imine (C=N–C) groups is 1. The van der Waals surface area contributed by atoms with Gasteiger partial charge in [-0.3, -0.25) is 14.7 Å². The average molecular weight is 449 g/mol. The Morgan fingerprint density at radius 1 is 0.969 bits per heavy atom. The maximum absolute atomic E-state index is 13.7. The normalized spacial score (nSPS) is 16.5. The van der Waals surface area contributed by atoms with Crippen molar-refractivity contribution in [3.8, 4) is 17.2 Å². The molecule has 32 heavy (non-hydrogen) atoms. The molecule has 162 valence electrons. The van der Waals surface area contributed by atoms with E-state index in [4.69, 9.17) is 30.8 Å². The van der Waals surface area contributed by atoms with E-state index in [0.29, 0.717) is 39.9 Å². The van der Waals surface area contributed by atoms with Crippen LogP contribution >= 0.6 is 11.6 Å². The number of nitrogens with zero attached hydrogens (tertiary/aromatic N) is 2. The molecule has 3 aromatic carbocycles. The standard InChI is InChI=1S/C25H21ClN2O4/c1-30-16-7-4-14(5-8-16)18-13-21-17-9-11-22(31-2)24(32-3)23(17)25(29)28(21)20-10-6-15(26)12-19(20)27-18/h4-12,21H,13H2,1-3H3. The van der Waals surface area contributed by atoms with Crippen molar-refractivity contribution in [1.82, 2.24) is 0 Å². The number of hydrogen-bond donors (Lipinski definition) is 0. The highest BCUT2D eigenvalue weighted by Gasteiger charge is 2.43. The van der Waals surface area contributed by atoms with E-state index < -0.39 is 0 Å². The van der Waals surface area contributed by atoms with E-state index in [-0.39, 0.29) is 11.9 Å². The molecular weight excluding hydrogens is 428 g/mol. The third-order valence-electron chi connectivity index (χ3n) is 5.94. The van der Waals surface area contributed by atoms with Crippen LogP contribution < -0.4 is 19.1 Å². The van der Waals surface area contributed by atoms with Crippen molar-refractivity contribution in [2.24, 2.45) is 4.99 Å². The van der Waals surface area contributed by atoms with E-state index in [9.17, 15) is 4.79 Å². The molecule has 0 N–H and O–H groups in total. The van der Waals surface area contributed by atoms with Gasteiger partial charge in [0, 0.05) is 11.4 Å². The second kappa shape index (κ2) is 7.88. The minimum atomic E-state index is -0.236. The third kappa shape index (κ3) is 3.10. The van der Waals surface area contributed by atoms with Crippen molar-refractivity contribution in [3.05, 3.63) is 76.3 Å². The monoisotopic (exact) mass is 448 g/mol. The van der Waals surface area contributed by atoms with Crippen molar-refractivity contribution in [2.75, 3.05) is 26.2 Å². The summed E-state index contributed by atoms with van der Waals surface area (Å²) in [5.74, 6) is 1.60. The zero-order valence-electron chi connectivity index (χ0n) is 17.9. The molecule has 0 saturated heterocycles. The van der Waals surface area contributed by atoms with Crippen LogP contribution in [-0.2, 0) is 0 Å². The van der Waals surface area contributed by atoms with E-state index in [1.54, 1.807) is 38.4 Å². The van der Waals surface area contributed by atoms with Gasteiger partial charge in [0.25, 0.3) is 5.91 Å². The van der Waals surface area contributed by atoms with Crippen molar-refractivity contribution in [2.45, 2.75) is 12.5 Å². The highest BCUT2D eigenvalue weighted by atomic mass is 35.5. The van der Waals surface area contributed by atoms with Crippen LogP contribution in [0.1, 0.15) is 33.9 Å². The Hall–Kier alpha value is -3.51. The van der Waals surface area contributed by atoms with Gasteiger partial charge in [0.1, 0.15) is 5.75 Å². The molecule has 0 aromatic heterocycles.